The topological polar surface area (TPSA) is 12.5 Å². The van der Waals surface area contributed by atoms with E-state index < -0.39 is 0 Å². The average Bonchev–Trinajstić information content (AvgIpc) is 2.04. The van der Waals surface area contributed by atoms with E-state index in [-0.39, 0.29) is 0 Å². The van der Waals surface area contributed by atoms with Crippen LogP contribution in [0, 0.1) is 6.07 Å². The van der Waals surface area contributed by atoms with Crippen LogP contribution in [0.4, 0.5) is 5.69 Å². The molecule has 0 aliphatic heterocycles. The van der Waals surface area contributed by atoms with Crippen molar-refractivity contribution in [3.05, 3.63) is 24.3 Å². The second kappa shape index (κ2) is 3.28. The van der Waals surface area contributed by atoms with Crippen LogP contribution in [0.3, 0.4) is 0 Å². The van der Waals surface area contributed by atoms with Gasteiger partial charge in [-0.05, 0) is 18.2 Å². The fourth-order valence-corrected chi connectivity index (χ4v) is 0.929. The summed E-state index contributed by atoms with van der Waals surface area (Å²) in [4.78, 5) is 2.00. The van der Waals surface area contributed by atoms with Crippen LogP contribution in [-0.2, 0) is 0 Å². The Morgan fingerprint density at radius 3 is 2.64 bits per heavy atom. The first kappa shape index (κ1) is 7.92. The molecule has 0 unspecified atom stereocenters. The molecule has 59 valence electrons. The third-order valence-electron chi connectivity index (χ3n) is 1.51. The first-order chi connectivity index (χ1) is 5.25. The van der Waals surface area contributed by atoms with Gasteiger partial charge < -0.3 is 9.64 Å². The lowest BCUT2D eigenvalue weighted by molar-refractivity contribution is 0.415. The maximum absolute atomic E-state index is 5.14. The summed E-state index contributed by atoms with van der Waals surface area (Å²) in [7, 11) is 5.62. The summed E-state index contributed by atoms with van der Waals surface area (Å²) in [5.74, 6) is 0.883. The highest BCUT2D eigenvalue weighted by Gasteiger charge is 2.01. The highest BCUT2D eigenvalue weighted by Crippen LogP contribution is 2.24. The van der Waals surface area contributed by atoms with Crippen molar-refractivity contribution in [2.24, 2.45) is 0 Å². The zero-order chi connectivity index (χ0) is 8.27. The van der Waals surface area contributed by atoms with Gasteiger partial charge >= 0.3 is 0 Å². The maximum Gasteiger partial charge on any atom is 0.142 e. The predicted molar refractivity (Wildman–Crippen MR) is 46.2 cm³/mol. The van der Waals surface area contributed by atoms with Crippen LogP contribution in [0.25, 0.3) is 0 Å². The van der Waals surface area contributed by atoms with Gasteiger partial charge in [0.15, 0.2) is 0 Å². The monoisotopic (exact) mass is 150 g/mol. The molecule has 0 heterocycles. The van der Waals surface area contributed by atoms with E-state index in [1.54, 1.807) is 7.11 Å². The molecular formula is C9H12NO. The van der Waals surface area contributed by atoms with Crippen LogP contribution in [0.2, 0.25) is 0 Å². The number of rotatable bonds is 2. The summed E-state index contributed by atoms with van der Waals surface area (Å²) in [5, 5.41) is 0. The Hall–Kier alpha value is -1.18. The summed E-state index contributed by atoms with van der Waals surface area (Å²) < 4.78 is 5.14. The Labute approximate surface area is 67.4 Å². The molecule has 2 heteroatoms. The van der Waals surface area contributed by atoms with Gasteiger partial charge in [0.1, 0.15) is 5.75 Å². The van der Waals surface area contributed by atoms with Crippen LogP contribution in [0.5, 0.6) is 5.75 Å². The van der Waals surface area contributed by atoms with E-state index in [1.807, 2.05) is 37.2 Å². The van der Waals surface area contributed by atoms with Crippen LogP contribution < -0.4 is 9.64 Å². The van der Waals surface area contributed by atoms with E-state index in [9.17, 15) is 0 Å². The van der Waals surface area contributed by atoms with Crippen LogP contribution in [0.15, 0.2) is 18.2 Å². The summed E-state index contributed by atoms with van der Waals surface area (Å²) >= 11 is 0. The van der Waals surface area contributed by atoms with Crippen molar-refractivity contribution >= 4 is 5.69 Å². The van der Waals surface area contributed by atoms with E-state index in [1.165, 1.54) is 0 Å². The smallest absolute Gasteiger partial charge is 0.142 e. The summed E-state index contributed by atoms with van der Waals surface area (Å²) in [5.41, 5.74) is 1.05. The van der Waals surface area contributed by atoms with Gasteiger partial charge in [-0.3, -0.25) is 0 Å². The number of anilines is 1. The molecule has 2 nitrogen and oxygen atoms in total. The molecule has 0 amide bonds. The molecule has 0 aliphatic carbocycles. The zero-order valence-corrected chi connectivity index (χ0v) is 7.09. The van der Waals surface area contributed by atoms with E-state index >= 15 is 0 Å². The number of hydrogen-bond acceptors (Lipinski definition) is 2. The molecular weight excluding hydrogens is 138 g/mol. The fraction of sp³-hybridized carbons (Fsp3) is 0.333. The minimum atomic E-state index is 0.883. The molecule has 0 aromatic heterocycles. The molecule has 0 aliphatic rings. The Bertz CT molecular complexity index is 233. The van der Waals surface area contributed by atoms with Gasteiger partial charge in [0, 0.05) is 14.1 Å². The SMILES string of the molecule is COc1cc[c]cc1N(C)C. The number of ether oxygens (including phenoxy) is 1. The lowest BCUT2D eigenvalue weighted by Crippen LogP contribution is -2.09. The minimum Gasteiger partial charge on any atom is -0.495 e. The first-order valence-corrected chi connectivity index (χ1v) is 3.47. The maximum atomic E-state index is 5.14. The quantitative estimate of drug-likeness (QED) is 0.634. The van der Waals surface area contributed by atoms with Gasteiger partial charge in [0.25, 0.3) is 0 Å². The summed E-state index contributed by atoms with van der Waals surface area (Å²) in [6.07, 6.45) is 0. The first-order valence-electron chi connectivity index (χ1n) is 3.47. The Balaban J connectivity index is 3.02. The molecule has 0 saturated carbocycles. The van der Waals surface area contributed by atoms with E-state index in [2.05, 4.69) is 6.07 Å². The second-order valence-electron chi connectivity index (χ2n) is 2.49. The number of nitrogens with zero attached hydrogens (tertiary/aromatic N) is 1. The summed E-state index contributed by atoms with van der Waals surface area (Å²) in [6.45, 7) is 0. The normalized spacial score (nSPS) is 9.36. The molecule has 1 rings (SSSR count). The molecule has 0 bridgehead atoms. The van der Waals surface area contributed by atoms with Crippen molar-refractivity contribution in [2.45, 2.75) is 0 Å². The number of hydrogen-bond donors (Lipinski definition) is 0. The van der Waals surface area contributed by atoms with Crippen LogP contribution >= 0.6 is 0 Å². The van der Waals surface area contributed by atoms with E-state index in [0.717, 1.165) is 11.4 Å². The van der Waals surface area contributed by atoms with Crippen molar-refractivity contribution in [1.29, 1.82) is 0 Å². The Morgan fingerprint density at radius 1 is 1.45 bits per heavy atom. The lowest BCUT2D eigenvalue weighted by Gasteiger charge is -2.15. The molecule has 0 spiro atoms. The van der Waals surface area contributed by atoms with Crippen LogP contribution in [-0.4, -0.2) is 21.2 Å². The third kappa shape index (κ3) is 1.64. The van der Waals surface area contributed by atoms with Crippen molar-refractivity contribution < 1.29 is 4.74 Å². The van der Waals surface area contributed by atoms with Crippen molar-refractivity contribution in [3.8, 4) is 5.75 Å². The van der Waals surface area contributed by atoms with Gasteiger partial charge in [0.05, 0.1) is 12.8 Å². The lowest BCUT2D eigenvalue weighted by atomic mass is 10.3. The van der Waals surface area contributed by atoms with Gasteiger partial charge in [-0.25, -0.2) is 0 Å². The summed E-state index contributed by atoms with van der Waals surface area (Å²) in [6, 6.07) is 8.63. The number of methoxy groups -OCH3 is 1. The molecule has 1 aromatic carbocycles. The number of benzene rings is 1. The molecule has 0 N–H and O–H groups in total. The standard InChI is InChI=1S/C9H12NO/c1-10(2)8-6-4-5-7-9(8)11-3/h5-7H,1-3H3. The molecule has 11 heavy (non-hydrogen) atoms. The van der Waals surface area contributed by atoms with Gasteiger partial charge in [0.2, 0.25) is 0 Å². The van der Waals surface area contributed by atoms with Gasteiger partial charge in [-0.2, -0.15) is 0 Å². The zero-order valence-electron chi connectivity index (χ0n) is 7.09. The second-order valence-corrected chi connectivity index (χ2v) is 2.49. The van der Waals surface area contributed by atoms with Gasteiger partial charge in [-0.15, -0.1) is 0 Å². The van der Waals surface area contributed by atoms with Crippen molar-refractivity contribution in [3.63, 3.8) is 0 Å². The molecule has 0 fully saturated rings. The van der Waals surface area contributed by atoms with E-state index in [4.69, 9.17) is 4.74 Å². The average molecular weight is 150 g/mol. The van der Waals surface area contributed by atoms with Crippen LogP contribution in [0.1, 0.15) is 0 Å². The minimum absolute atomic E-state index is 0.883. The predicted octanol–water partition coefficient (Wildman–Crippen LogP) is 1.56. The molecule has 1 radical (unpaired) electrons. The van der Waals surface area contributed by atoms with Crippen molar-refractivity contribution in [1.82, 2.24) is 0 Å². The van der Waals surface area contributed by atoms with Gasteiger partial charge in [-0.1, -0.05) is 6.07 Å². The molecule has 0 saturated heterocycles. The van der Waals surface area contributed by atoms with E-state index in [0.29, 0.717) is 0 Å². The van der Waals surface area contributed by atoms with Crippen molar-refractivity contribution in [2.75, 3.05) is 26.1 Å². The molecule has 0 atom stereocenters. The fourth-order valence-electron chi connectivity index (χ4n) is 0.929. The largest absolute Gasteiger partial charge is 0.495 e. The Kier molecular flexibility index (Phi) is 2.36. The highest BCUT2D eigenvalue weighted by atomic mass is 16.5. The molecule has 1 aromatic rings. The highest BCUT2D eigenvalue weighted by molar-refractivity contribution is 5.56. The Morgan fingerprint density at radius 2 is 2.18 bits per heavy atom. The third-order valence-corrected chi connectivity index (χ3v) is 1.51.